The van der Waals surface area contributed by atoms with Gasteiger partial charge >= 0.3 is 6.03 Å². The van der Waals surface area contributed by atoms with Gasteiger partial charge < -0.3 is 15.5 Å². The Morgan fingerprint density at radius 1 is 1.26 bits per heavy atom. The average Bonchev–Trinajstić information content (AvgIpc) is 2.59. The first-order valence-corrected chi connectivity index (χ1v) is 10.1. The topological polar surface area (TPSA) is 61.4 Å². The molecule has 2 atom stereocenters. The molecule has 0 aliphatic carbocycles. The van der Waals surface area contributed by atoms with E-state index >= 15 is 0 Å². The van der Waals surface area contributed by atoms with Gasteiger partial charge in [0.2, 0.25) is 5.91 Å². The Labute approximate surface area is 167 Å². The number of carbonyl (C=O) groups is 2. The molecule has 1 aromatic carbocycles. The molecule has 1 aromatic rings. The minimum absolute atomic E-state index is 0.00103. The zero-order valence-electron chi connectivity index (χ0n) is 17.0. The molecule has 2 N–H and O–H groups in total. The number of hydrogen-bond donors (Lipinski definition) is 2. The van der Waals surface area contributed by atoms with E-state index in [1.807, 2.05) is 37.8 Å². The predicted molar refractivity (Wildman–Crippen MR) is 110 cm³/mol. The predicted octanol–water partition coefficient (Wildman–Crippen LogP) is 4.03. The third kappa shape index (κ3) is 5.38. The van der Waals surface area contributed by atoms with Gasteiger partial charge in [0.15, 0.2) is 0 Å². The van der Waals surface area contributed by atoms with E-state index < -0.39 is 6.04 Å². The Bertz CT molecular complexity index is 658. The first-order chi connectivity index (χ1) is 12.7. The van der Waals surface area contributed by atoms with Crippen LogP contribution in [0, 0.1) is 11.3 Å². The molecule has 6 heteroatoms. The molecule has 0 aromatic heterocycles. The van der Waals surface area contributed by atoms with Crippen molar-refractivity contribution >= 4 is 23.5 Å². The first kappa shape index (κ1) is 21.5. The van der Waals surface area contributed by atoms with Gasteiger partial charge in [0.1, 0.15) is 6.04 Å². The van der Waals surface area contributed by atoms with E-state index in [0.717, 1.165) is 11.4 Å². The normalized spacial score (nSPS) is 20.3. The monoisotopic (exact) mass is 393 g/mol. The molecule has 150 valence electrons. The number of piperidine rings is 1. The fourth-order valence-electron chi connectivity index (χ4n) is 3.92. The number of nitrogens with zero attached hydrogens (tertiary/aromatic N) is 1. The Hall–Kier alpha value is -1.75. The lowest BCUT2D eigenvalue weighted by Gasteiger charge is -2.45. The number of carbonyl (C=O) groups excluding carboxylic acids is 2. The van der Waals surface area contributed by atoms with Crippen LogP contribution in [0.3, 0.4) is 0 Å². The summed E-state index contributed by atoms with van der Waals surface area (Å²) in [5, 5.41) is 6.28. The highest BCUT2D eigenvalue weighted by Gasteiger charge is 2.40. The van der Waals surface area contributed by atoms with Crippen molar-refractivity contribution in [2.24, 2.45) is 11.3 Å². The number of urea groups is 1. The quantitative estimate of drug-likeness (QED) is 0.793. The second-order valence-corrected chi connectivity index (χ2v) is 8.80. The van der Waals surface area contributed by atoms with Crippen molar-refractivity contribution in [1.82, 2.24) is 15.5 Å². The molecule has 1 aliphatic heterocycles. The molecule has 0 radical (unpaired) electrons. The fraction of sp³-hybridized carbons (Fsp3) is 0.619. The number of likely N-dealkylation sites (tertiary alicyclic amines) is 1. The zero-order valence-corrected chi connectivity index (χ0v) is 17.8. The van der Waals surface area contributed by atoms with E-state index in [4.69, 9.17) is 11.6 Å². The van der Waals surface area contributed by atoms with Crippen LogP contribution in [0.1, 0.15) is 52.5 Å². The van der Waals surface area contributed by atoms with Crippen LogP contribution in [0.5, 0.6) is 0 Å². The summed E-state index contributed by atoms with van der Waals surface area (Å²) in [6.07, 6.45) is 0.895. The van der Waals surface area contributed by atoms with Gasteiger partial charge in [-0.25, -0.2) is 4.79 Å². The van der Waals surface area contributed by atoms with E-state index in [9.17, 15) is 9.59 Å². The van der Waals surface area contributed by atoms with Gasteiger partial charge in [0, 0.05) is 24.7 Å². The second-order valence-electron chi connectivity index (χ2n) is 8.37. The van der Waals surface area contributed by atoms with Crippen LogP contribution in [0.25, 0.3) is 0 Å². The summed E-state index contributed by atoms with van der Waals surface area (Å²) in [4.78, 5) is 27.0. The van der Waals surface area contributed by atoms with E-state index in [1.165, 1.54) is 5.56 Å². The summed E-state index contributed by atoms with van der Waals surface area (Å²) < 4.78 is 0. The minimum atomic E-state index is -0.514. The van der Waals surface area contributed by atoms with Crippen LogP contribution in [-0.2, 0) is 4.79 Å². The van der Waals surface area contributed by atoms with Gasteiger partial charge in [0.05, 0.1) is 0 Å². The number of nitrogens with one attached hydrogen (secondary N) is 2. The molecule has 5 nitrogen and oxygen atoms in total. The molecule has 1 aliphatic rings. The third-order valence-corrected chi connectivity index (χ3v) is 5.62. The summed E-state index contributed by atoms with van der Waals surface area (Å²) >= 11 is 6.02. The summed E-state index contributed by atoms with van der Waals surface area (Å²) in [6, 6.07) is 7.21. The average molecular weight is 394 g/mol. The second kappa shape index (κ2) is 8.96. The van der Waals surface area contributed by atoms with E-state index in [2.05, 4.69) is 36.6 Å². The van der Waals surface area contributed by atoms with Gasteiger partial charge in [-0.15, -0.1) is 0 Å². The van der Waals surface area contributed by atoms with Crippen molar-refractivity contribution in [2.75, 3.05) is 19.6 Å². The van der Waals surface area contributed by atoms with Crippen molar-refractivity contribution in [3.63, 3.8) is 0 Å². The number of hydrogen-bond acceptors (Lipinski definition) is 2. The lowest BCUT2D eigenvalue weighted by atomic mass is 9.70. The molecule has 3 amide bonds. The Kier molecular flexibility index (Phi) is 7.15. The van der Waals surface area contributed by atoms with Crippen molar-refractivity contribution in [3.8, 4) is 0 Å². The van der Waals surface area contributed by atoms with E-state index in [0.29, 0.717) is 25.6 Å². The fourth-order valence-corrected chi connectivity index (χ4v) is 4.05. The summed E-state index contributed by atoms with van der Waals surface area (Å²) in [7, 11) is 0. The molecular weight excluding hydrogens is 362 g/mol. The van der Waals surface area contributed by atoms with Crippen LogP contribution >= 0.6 is 11.6 Å². The Morgan fingerprint density at radius 3 is 2.41 bits per heavy atom. The van der Waals surface area contributed by atoms with Crippen molar-refractivity contribution in [1.29, 1.82) is 0 Å². The maximum atomic E-state index is 13.1. The van der Waals surface area contributed by atoms with E-state index in [-0.39, 0.29) is 23.3 Å². The van der Waals surface area contributed by atoms with Crippen LogP contribution in [0.15, 0.2) is 24.3 Å². The maximum Gasteiger partial charge on any atom is 0.315 e. The maximum absolute atomic E-state index is 13.1. The van der Waals surface area contributed by atoms with E-state index in [1.54, 1.807) is 0 Å². The molecule has 27 heavy (non-hydrogen) atoms. The summed E-state index contributed by atoms with van der Waals surface area (Å²) in [5.74, 6) is 0.392. The molecule has 2 rings (SSSR count). The first-order valence-electron chi connectivity index (χ1n) is 9.74. The highest BCUT2D eigenvalue weighted by Crippen LogP contribution is 2.42. The molecule has 0 spiro atoms. The largest absolute Gasteiger partial charge is 0.340 e. The molecule has 1 saturated heterocycles. The van der Waals surface area contributed by atoms with Gasteiger partial charge in [-0.2, -0.15) is 0 Å². The van der Waals surface area contributed by atoms with Gasteiger partial charge in [0.25, 0.3) is 0 Å². The van der Waals surface area contributed by atoms with Gasteiger partial charge in [-0.1, -0.05) is 51.4 Å². The van der Waals surface area contributed by atoms with Crippen molar-refractivity contribution < 1.29 is 9.59 Å². The molecular formula is C21H32ClN3O2. The SMILES string of the molecule is CCNC(=O)N[C@@H](C(=O)N1CCC(c2ccc(Cl)cc2)C(C)(C)C1)C(C)C. The van der Waals surface area contributed by atoms with Crippen molar-refractivity contribution in [3.05, 3.63) is 34.9 Å². The molecule has 1 fully saturated rings. The molecule has 1 heterocycles. The third-order valence-electron chi connectivity index (χ3n) is 5.37. The standard InChI is InChI=1S/C21H32ClN3O2/c1-6-23-20(27)24-18(14(2)3)19(26)25-12-11-17(21(4,5)13-25)15-7-9-16(22)10-8-15/h7-10,14,17-18H,6,11-13H2,1-5H3,(H2,23,24,27)/t17?,18-/m1/s1. The Morgan fingerprint density at radius 2 is 1.89 bits per heavy atom. The highest BCUT2D eigenvalue weighted by molar-refractivity contribution is 6.30. The van der Waals surface area contributed by atoms with Gasteiger partial charge in [-0.3, -0.25) is 4.79 Å². The molecule has 0 saturated carbocycles. The number of benzene rings is 1. The lowest BCUT2D eigenvalue weighted by Crippen LogP contribution is -2.57. The number of amides is 3. The smallest absolute Gasteiger partial charge is 0.315 e. The number of rotatable bonds is 5. The van der Waals surface area contributed by atoms with Crippen LogP contribution < -0.4 is 10.6 Å². The number of halogens is 1. The van der Waals surface area contributed by atoms with Gasteiger partial charge in [-0.05, 0) is 48.3 Å². The minimum Gasteiger partial charge on any atom is -0.340 e. The molecule has 0 bridgehead atoms. The Balaban J connectivity index is 2.10. The summed E-state index contributed by atoms with van der Waals surface area (Å²) in [6.45, 7) is 12.1. The van der Waals surface area contributed by atoms with Crippen LogP contribution in [-0.4, -0.2) is 42.5 Å². The zero-order chi connectivity index (χ0) is 20.2. The van der Waals surface area contributed by atoms with Crippen molar-refractivity contribution in [2.45, 2.75) is 53.0 Å². The highest BCUT2D eigenvalue weighted by atomic mass is 35.5. The molecule has 1 unspecified atom stereocenters. The lowest BCUT2D eigenvalue weighted by molar-refractivity contribution is -0.137. The van der Waals surface area contributed by atoms with Crippen LogP contribution in [0.2, 0.25) is 5.02 Å². The van der Waals surface area contributed by atoms with Crippen LogP contribution in [0.4, 0.5) is 4.79 Å². The summed E-state index contributed by atoms with van der Waals surface area (Å²) in [5.41, 5.74) is 1.20.